The molecule has 0 saturated heterocycles. The molecule has 6 nitrogen and oxygen atoms in total. The maximum atomic E-state index is 14.4. The third-order valence-corrected chi connectivity index (χ3v) is 5.19. The highest BCUT2D eigenvalue weighted by atomic mass is 19.1. The van der Waals surface area contributed by atoms with E-state index in [4.69, 9.17) is 9.84 Å². The number of hydrogen-bond donors (Lipinski definition) is 1. The number of nitrogens with zero attached hydrogens (tertiary/aromatic N) is 2. The molecule has 1 N–H and O–H groups in total. The van der Waals surface area contributed by atoms with Crippen molar-refractivity contribution in [3.63, 3.8) is 0 Å². The molecule has 1 aliphatic carbocycles. The molecule has 0 bridgehead atoms. The number of carboxylic acid groups (broad SMARTS) is 1. The summed E-state index contributed by atoms with van der Waals surface area (Å²) < 4.78 is 20.0. The number of rotatable bonds is 6. The number of benzene rings is 1. The number of amides is 1. The minimum atomic E-state index is -0.933. The number of hydrogen-bond acceptors (Lipinski definition) is 4. The Bertz CT molecular complexity index is 985. The van der Waals surface area contributed by atoms with E-state index in [2.05, 4.69) is 4.98 Å². The average Bonchev–Trinajstić information content (AvgIpc) is 3.58. The molecular weight excluding hydrogens is 375 g/mol. The Hall–Kier alpha value is -3.22. The first-order chi connectivity index (χ1) is 14.0. The largest absolute Gasteiger partial charge is 0.473 e. The Morgan fingerprint density at radius 3 is 2.72 bits per heavy atom. The van der Waals surface area contributed by atoms with Gasteiger partial charge in [-0.05, 0) is 37.0 Å². The molecule has 4 rings (SSSR count). The van der Waals surface area contributed by atoms with E-state index in [9.17, 15) is 14.0 Å². The van der Waals surface area contributed by atoms with Crippen molar-refractivity contribution >= 4 is 17.4 Å². The van der Waals surface area contributed by atoms with Gasteiger partial charge in [-0.25, -0.2) is 14.2 Å². The fraction of sp³-hybridized carbons (Fsp3) is 0.318. The number of halogens is 1. The summed E-state index contributed by atoms with van der Waals surface area (Å²) >= 11 is 0. The monoisotopic (exact) mass is 396 g/mol. The molecule has 1 amide bonds. The van der Waals surface area contributed by atoms with Gasteiger partial charge in [-0.1, -0.05) is 24.3 Å². The lowest BCUT2D eigenvalue weighted by molar-refractivity contribution is 0.0967. The summed E-state index contributed by atoms with van der Waals surface area (Å²) in [7, 11) is 0. The lowest BCUT2D eigenvalue weighted by Gasteiger charge is -2.23. The smallest absolute Gasteiger partial charge is 0.407 e. The predicted molar refractivity (Wildman–Crippen MR) is 104 cm³/mol. The standard InChI is InChI=1S/C22H21FN2O4/c23-18-12-16(21(26)15-4-5-15)6-7-17(18)13-29-20-3-1-2-19(24-20)14-8-10-25(11-9-14)22(27)28/h1-3,6-8,12,15H,4-5,9-11,13H2,(H,27,28). The topological polar surface area (TPSA) is 79.7 Å². The molecule has 1 fully saturated rings. The van der Waals surface area contributed by atoms with Crippen LogP contribution in [0.2, 0.25) is 0 Å². The molecule has 0 unspecified atom stereocenters. The van der Waals surface area contributed by atoms with Crippen LogP contribution in [0.4, 0.5) is 9.18 Å². The molecule has 2 aromatic rings. The second-order valence-electron chi connectivity index (χ2n) is 7.30. The van der Waals surface area contributed by atoms with Gasteiger partial charge < -0.3 is 14.7 Å². The zero-order valence-corrected chi connectivity index (χ0v) is 15.8. The van der Waals surface area contributed by atoms with Gasteiger partial charge in [0.1, 0.15) is 12.4 Å². The second-order valence-corrected chi connectivity index (χ2v) is 7.30. The number of Topliss-reactive ketones (excluding diaryl/α,β-unsaturated/α-hetero) is 1. The maximum absolute atomic E-state index is 14.4. The molecule has 29 heavy (non-hydrogen) atoms. The van der Waals surface area contributed by atoms with Gasteiger partial charge in [0.2, 0.25) is 5.88 Å². The molecule has 1 aromatic heterocycles. The van der Waals surface area contributed by atoms with Crippen LogP contribution in [0.25, 0.3) is 5.57 Å². The Labute approximate surface area is 167 Å². The van der Waals surface area contributed by atoms with E-state index in [-0.39, 0.29) is 18.3 Å². The summed E-state index contributed by atoms with van der Waals surface area (Å²) in [5.74, 6) is -0.0360. The number of aromatic nitrogens is 1. The second kappa shape index (κ2) is 8.03. The molecule has 150 valence electrons. The zero-order chi connectivity index (χ0) is 20.4. The summed E-state index contributed by atoms with van der Waals surface area (Å²) in [4.78, 5) is 28.8. The molecule has 2 aliphatic rings. The van der Waals surface area contributed by atoms with Crippen LogP contribution in [0.3, 0.4) is 0 Å². The van der Waals surface area contributed by atoms with Crippen molar-refractivity contribution in [3.8, 4) is 5.88 Å². The van der Waals surface area contributed by atoms with Crippen LogP contribution < -0.4 is 4.74 Å². The first kappa shape index (κ1) is 19.1. The van der Waals surface area contributed by atoms with E-state index in [0.717, 1.165) is 24.1 Å². The van der Waals surface area contributed by atoms with E-state index in [0.29, 0.717) is 36.5 Å². The molecule has 1 aromatic carbocycles. The molecule has 7 heteroatoms. The molecule has 1 aliphatic heterocycles. The quantitative estimate of drug-likeness (QED) is 0.742. The summed E-state index contributed by atoms with van der Waals surface area (Å²) in [5.41, 5.74) is 2.45. The average molecular weight is 396 g/mol. The first-order valence-corrected chi connectivity index (χ1v) is 9.61. The highest BCUT2D eigenvalue weighted by Gasteiger charge is 2.30. The van der Waals surface area contributed by atoms with Crippen LogP contribution >= 0.6 is 0 Å². The maximum Gasteiger partial charge on any atom is 0.407 e. The number of carbonyl (C=O) groups excluding carboxylic acids is 1. The summed E-state index contributed by atoms with van der Waals surface area (Å²) in [6.07, 6.45) is 3.26. The van der Waals surface area contributed by atoms with Gasteiger partial charge in [-0.15, -0.1) is 0 Å². The third-order valence-electron chi connectivity index (χ3n) is 5.19. The van der Waals surface area contributed by atoms with Crippen LogP contribution in [0.15, 0.2) is 42.5 Å². The Morgan fingerprint density at radius 2 is 2.07 bits per heavy atom. The normalized spacial score (nSPS) is 16.3. The van der Waals surface area contributed by atoms with E-state index in [1.54, 1.807) is 24.3 Å². The Balaban J connectivity index is 1.41. The van der Waals surface area contributed by atoms with Gasteiger partial charge in [-0.2, -0.15) is 0 Å². The third kappa shape index (κ3) is 4.45. The minimum Gasteiger partial charge on any atom is -0.473 e. The predicted octanol–water partition coefficient (Wildman–Crippen LogP) is 4.16. The molecule has 1 saturated carbocycles. The first-order valence-electron chi connectivity index (χ1n) is 9.61. The van der Waals surface area contributed by atoms with Crippen molar-refractivity contribution in [1.29, 1.82) is 0 Å². The molecule has 0 atom stereocenters. The van der Waals surface area contributed by atoms with E-state index < -0.39 is 11.9 Å². The summed E-state index contributed by atoms with van der Waals surface area (Å²) in [5, 5.41) is 9.03. The fourth-order valence-electron chi connectivity index (χ4n) is 3.30. The highest BCUT2D eigenvalue weighted by Crippen LogP contribution is 2.33. The molecular formula is C22H21FN2O4. The number of ketones is 1. The lowest BCUT2D eigenvalue weighted by Crippen LogP contribution is -2.33. The lowest BCUT2D eigenvalue weighted by atomic mass is 10.0. The van der Waals surface area contributed by atoms with Crippen LogP contribution in [0.5, 0.6) is 5.88 Å². The molecule has 2 heterocycles. The molecule has 0 radical (unpaired) electrons. The van der Waals surface area contributed by atoms with E-state index >= 15 is 0 Å². The van der Waals surface area contributed by atoms with Crippen LogP contribution in [0, 0.1) is 11.7 Å². The van der Waals surface area contributed by atoms with E-state index in [1.165, 1.54) is 11.0 Å². The van der Waals surface area contributed by atoms with Gasteiger partial charge in [0.15, 0.2) is 5.78 Å². The summed E-state index contributed by atoms with van der Waals surface area (Å²) in [6, 6.07) is 9.85. The number of carbonyl (C=O) groups is 2. The zero-order valence-electron chi connectivity index (χ0n) is 15.8. The highest BCUT2D eigenvalue weighted by molar-refractivity contribution is 5.99. The fourth-order valence-corrected chi connectivity index (χ4v) is 3.30. The Morgan fingerprint density at radius 1 is 1.24 bits per heavy atom. The van der Waals surface area contributed by atoms with Crippen LogP contribution in [-0.2, 0) is 6.61 Å². The van der Waals surface area contributed by atoms with Gasteiger partial charge >= 0.3 is 6.09 Å². The van der Waals surface area contributed by atoms with Crippen LogP contribution in [0.1, 0.15) is 40.9 Å². The van der Waals surface area contributed by atoms with Crippen molar-refractivity contribution in [2.45, 2.75) is 25.9 Å². The SMILES string of the molecule is O=C(c1ccc(COc2cccc(C3=CCN(C(=O)O)CC3)n2)c(F)c1)C1CC1. The van der Waals surface area contributed by atoms with E-state index in [1.807, 2.05) is 12.1 Å². The van der Waals surface area contributed by atoms with Gasteiger partial charge in [0.05, 0.1) is 5.69 Å². The van der Waals surface area contributed by atoms with Crippen molar-refractivity contribution in [3.05, 3.63) is 65.1 Å². The molecule has 0 spiro atoms. The van der Waals surface area contributed by atoms with Crippen molar-refractivity contribution in [1.82, 2.24) is 9.88 Å². The number of pyridine rings is 1. The van der Waals surface area contributed by atoms with Crippen molar-refractivity contribution < 1.29 is 23.8 Å². The summed E-state index contributed by atoms with van der Waals surface area (Å²) in [6.45, 7) is 0.756. The van der Waals surface area contributed by atoms with Crippen molar-refractivity contribution in [2.75, 3.05) is 13.1 Å². The van der Waals surface area contributed by atoms with Crippen LogP contribution in [-0.4, -0.2) is 40.0 Å². The number of ether oxygens (including phenoxy) is 1. The van der Waals surface area contributed by atoms with Gasteiger partial charge in [-0.3, -0.25) is 4.79 Å². The van der Waals surface area contributed by atoms with Crippen molar-refractivity contribution in [2.24, 2.45) is 5.92 Å². The Kier molecular flexibility index (Phi) is 5.29. The minimum absolute atomic E-state index is 0.00598. The van der Waals surface area contributed by atoms with Gasteiger partial charge in [0, 0.05) is 36.2 Å². The van der Waals surface area contributed by atoms with Gasteiger partial charge in [0.25, 0.3) is 0 Å².